The Morgan fingerprint density at radius 3 is 2.50 bits per heavy atom. The highest BCUT2D eigenvalue weighted by Gasteiger charge is 2.28. The summed E-state index contributed by atoms with van der Waals surface area (Å²) in [4.78, 5) is 6.88. The fourth-order valence-electron chi connectivity index (χ4n) is 2.51. The summed E-state index contributed by atoms with van der Waals surface area (Å²) >= 11 is 0. The maximum atomic E-state index is 5.82. The van der Waals surface area contributed by atoms with Crippen LogP contribution in [0.5, 0.6) is 0 Å². The molecule has 1 aromatic rings. The van der Waals surface area contributed by atoms with E-state index < -0.39 is 0 Å². The summed E-state index contributed by atoms with van der Waals surface area (Å²) in [6, 6.07) is 4.22. The van der Waals surface area contributed by atoms with Crippen molar-refractivity contribution in [2.24, 2.45) is 11.1 Å². The fourth-order valence-corrected chi connectivity index (χ4v) is 2.51. The average Bonchev–Trinajstić information content (AvgIpc) is 2.40. The van der Waals surface area contributed by atoms with E-state index in [9.17, 15) is 0 Å². The Bertz CT molecular complexity index is 375. The van der Waals surface area contributed by atoms with Crippen LogP contribution in [0.1, 0.15) is 51.8 Å². The number of hydrogen-bond acceptors (Lipinski definition) is 3. The molecule has 1 aliphatic heterocycles. The lowest BCUT2D eigenvalue weighted by Crippen LogP contribution is -2.38. The van der Waals surface area contributed by atoms with Gasteiger partial charge in [-0.3, -0.25) is 4.98 Å². The van der Waals surface area contributed by atoms with Gasteiger partial charge in [0.2, 0.25) is 0 Å². The SMILES string of the molecule is CCC1(C)CCN(c2ccc([C@H](C)N)nc2)CC1. The molecule has 18 heavy (non-hydrogen) atoms. The molecule has 0 aromatic carbocycles. The summed E-state index contributed by atoms with van der Waals surface area (Å²) in [5, 5.41) is 0. The van der Waals surface area contributed by atoms with E-state index in [-0.39, 0.29) is 6.04 Å². The van der Waals surface area contributed by atoms with Gasteiger partial charge in [-0.25, -0.2) is 0 Å². The molecule has 3 heteroatoms. The van der Waals surface area contributed by atoms with E-state index in [0.29, 0.717) is 5.41 Å². The summed E-state index contributed by atoms with van der Waals surface area (Å²) in [7, 11) is 0. The highest BCUT2D eigenvalue weighted by Crippen LogP contribution is 2.35. The van der Waals surface area contributed by atoms with Gasteiger partial charge >= 0.3 is 0 Å². The van der Waals surface area contributed by atoms with Gasteiger partial charge in [0, 0.05) is 19.1 Å². The van der Waals surface area contributed by atoms with E-state index in [0.717, 1.165) is 18.8 Å². The van der Waals surface area contributed by atoms with E-state index in [1.807, 2.05) is 19.2 Å². The van der Waals surface area contributed by atoms with E-state index in [4.69, 9.17) is 5.73 Å². The number of pyridine rings is 1. The summed E-state index contributed by atoms with van der Waals surface area (Å²) in [5.41, 5.74) is 8.56. The van der Waals surface area contributed by atoms with Crippen LogP contribution < -0.4 is 10.6 Å². The second kappa shape index (κ2) is 5.27. The van der Waals surface area contributed by atoms with Crippen LogP contribution in [0.15, 0.2) is 18.3 Å². The molecule has 0 radical (unpaired) electrons. The van der Waals surface area contributed by atoms with Gasteiger partial charge in [0.05, 0.1) is 17.6 Å². The molecule has 0 bridgehead atoms. The molecular weight excluding hydrogens is 222 g/mol. The van der Waals surface area contributed by atoms with Crippen molar-refractivity contribution in [2.75, 3.05) is 18.0 Å². The van der Waals surface area contributed by atoms with Crippen molar-refractivity contribution in [3.63, 3.8) is 0 Å². The van der Waals surface area contributed by atoms with E-state index >= 15 is 0 Å². The molecule has 2 heterocycles. The van der Waals surface area contributed by atoms with Crippen molar-refractivity contribution in [2.45, 2.75) is 46.1 Å². The zero-order valence-electron chi connectivity index (χ0n) is 11.8. The van der Waals surface area contributed by atoms with Crippen LogP contribution in [0.2, 0.25) is 0 Å². The van der Waals surface area contributed by atoms with Gasteiger partial charge in [-0.2, -0.15) is 0 Å². The van der Waals surface area contributed by atoms with E-state index in [1.165, 1.54) is 24.9 Å². The minimum Gasteiger partial charge on any atom is -0.370 e. The highest BCUT2D eigenvalue weighted by atomic mass is 15.1. The maximum absolute atomic E-state index is 5.82. The van der Waals surface area contributed by atoms with Crippen LogP contribution in [0.25, 0.3) is 0 Å². The molecule has 0 aliphatic carbocycles. The Balaban J connectivity index is 2.01. The first-order chi connectivity index (χ1) is 8.54. The molecule has 0 spiro atoms. The average molecular weight is 247 g/mol. The number of nitrogens with zero attached hydrogens (tertiary/aromatic N) is 2. The lowest BCUT2D eigenvalue weighted by atomic mass is 9.78. The zero-order chi connectivity index (χ0) is 13.2. The first kappa shape index (κ1) is 13.3. The molecule has 1 saturated heterocycles. The summed E-state index contributed by atoms with van der Waals surface area (Å²) in [6.45, 7) is 8.96. The first-order valence-electron chi connectivity index (χ1n) is 7.00. The second-order valence-corrected chi connectivity index (χ2v) is 5.88. The molecule has 1 atom stereocenters. The summed E-state index contributed by atoms with van der Waals surface area (Å²) in [6.07, 6.45) is 5.80. The smallest absolute Gasteiger partial charge is 0.0569 e. The third-order valence-corrected chi connectivity index (χ3v) is 4.43. The molecule has 0 amide bonds. The number of hydrogen-bond donors (Lipinski definition) is 1. The Labute approximate surface area is 110 Å². The number of anilines is 1. The molecule has 1 aromatic heterocycles. The van der Waals surface area contributed by atoms with Gasteiger partial charge in [0.25, 0.3) is 0 Å². The van der Waals surface area contributed by atoms with Crippen molar-refractivity contribution >= 4 is 5.69 Å². The molecule has 100 valence electrons. The molecular formula is C15H25N3. The molecule has 1 fully saturated rings. The number of rotatable bonds is 3. The van der Waals surface area contributed by atoms with Crippen LogP contribution in [-0.4, -0.2) is 18.1 Å². The molecule has 0 unspecified atom stereocenters. The Kier molecular flexibility index (Phi) is 3.91. The van der Waals surface area contributed by atoms with Gasteiger partial charge in [-0.05, 0) is 37.3 Å². The van der Waals surface area contributed by atoms with Crippen LogP contribution in [-0.2, 0) is 0 Å². The Morgan fingerprint density at radius 1 is 1.39 bits per heavy atom. The first-order valence-corrected chi connectivity index (χ1v) is 7.00. The quantitative estimate of drug-likeness (QED) is 0.892. The van der Waals surface area contributed by atoms with E-state index in [1.54, 1.807) is 0 Å². The fraction of sp³-hybridized carbons (Fsp3) is 0.667. The largest absolute Gasteiger partial charge is 0.370 e. The lowest BCUT2D eigenvalue weighted by Gasteiger charge is -2.40. The van der Waals surface area contributed by atoms with Crippen molar-refractivity contribution in [3.05, 3.63) is 24.0 Å². The molecule has 2 N–H and O–H groups in total. The molecule has 2 rings (SSSR count). The Hall–Kier alpha value is -1.09. The normalized spacial score (nSPS) is 20.8. The van der Waals surface area contributed by atoms with Crippen molar-refractivity contribution in [1.82, 2.24) is 4.98 Å². The van der Waals surface area contributed by atoms with Gasteiger partial charge in [-0.15, -0.1) is 0 Å². The number of aromatic nitrogens is 1. The molecule has 3 nitrogen and oxygen atoms in total. The monoisotopic (exact) mass is 247 g/mol. The predicted octanol–water partition coefficient (Wildman–Crippen LogP) is 3.12. The third-order valence-electron chi connectivity index (χ3n) is 4.43. The lowest BCUT2D eigenvalue weighted by molar-refractivity contribution is 0.238. The zero-order valence-corrected chi connectivity index (χ0v) is 11.8. The summed E-state index contributed by atoms with van der Waals surface area (Å²) in [5.74, 6) is 0. The third kappa shape index (κ3) is 2.83. The maximum Gasteiger partial charge on any atom is 0.0569 e. The van der Waals surface area contributed by atoms with Crippen molar-refractivity contribution < 1.29 is 0 Å². The van der Waals surface area contributed by atoms with Crippen molar-refractivity contribution in [3.8, 4) is 0 Å². The Morgan fingerprint density at radius 2 is 2.06 bits per heavy atom. The van der Waals surface area contributed by atoms with Gasteiger partial charge in [0.1, 0.15) is 0 Å². The van der Waals surface area contributed by atoms with Gasteiger partial charge in [-0.1, -0.05) is 20.3 Å². The molecule has 0 saturated carbocycles. The highest BCUT2D eigenvalue weighted by molar-refractivity contribution is 5.45. The topological polar surface area (TPSA) is 42.1 Å². The predicted molar refractivity (Wildman–Crippen MR) is 76.7 cm³/mol. The minimum atomic E-state index is 0.0174. The number of nitrogens with two attached hydrogens (primary N) is 1. The van der Waals surface area contributed by atoms with Crippen LogP contribution in [0.3, 0.4) is 0 Å². The van der Waals surface area contributed by atoms with Gasteiger partial charge in [0.15, 0.2) is 0 Å². The van der Waals surface area contributed by atoms with E-state index in [2.05, 4.69) is 29.8 Å². The van der Waals surface area contributed by atoms with Crippen LogP contribution in [0.4, 0.5) is 5.69 Å². The summed E-state index contributed by atoms with van der Waals surface area (Å²) < 4.78 is 0. The van der Waals surface area contributed by atoms with Crippen LogP contribution >= 0.6 is 0 Å². The van der Waals surface area contributed by atoms with Gasteiger partial charge < -0.3 is 10.6 Å². The minimum absolute atomic E-state index is 0.0174. The molecule has 1 aliphatic rings. The second-order valence-electron chi connectivity index (χ2n) is 5.88. The standard InChI is InChI=1S/C15H25N3/c1-4-15(3)7-9-18(10-8-15)13-5-6-14(12(2)16)17-11-13/h5-6,11-12H,4,7-10,16H2,1-3H3/t12-/m0/s1. The van der Waals surface area contributed by atoms with Crippen LogP contribution in [0, 0.1) is 5.41 Å². The van der Waals surface area contributed by atoms with Crippen molar-refractivity contribution in [1.29, 1.82) is 0 Å². The number of piperidine rings is 1.